The number of aliphatic hydroxyl groups is 1. The fraction of sp³-hybridized carbons (Fsp3) is 0.125. The number of nitrogens with zero attached hydrogens (tertiary/aromatic N) is 2. The van der Waals surface area contributed by atoms with E-state index in [0.717, 1.165) is 5.56 Å². The number of rotatable bonds is 6. The number of hydrogen-bond donors (Lipinski definition) is 1. The summed E-state index contributed by atoms with van der Waals surface area (Å²) in [6, 6.07) is 12.8. The number of aliphatic hydroxyl groups excluding tert-OH is 1. The van der Waals surface area contributed by atoms with Crippen LogP contribution in [-0.4, -0.2) is 33.8 Å². The van der Waals surface area contributed by atoms with E-state index in [9.17, 15) is 14.7 Å². The van der Waals surface area contributed by atoms with Gasteiger partial charge >= 0.3 is 0 Å². The number of carbonyl (C=O) groups excluding carboxylic acids is 2. The molecule has 8 nitrogen and oxygen atoms in total. The fourth-order valence-corrected chi connectivity index (χ4v) is 3.92. The molecule has 0 spiro atoms. The van der Waals surface area contributed by atoms with Gasteiger partial charge in [-0.05, 0) is 42.0 Å². The Hall–Kier alpha value is -4.33. The van der Waals surface area contributed by atoms with E-state index in [1.807, 2.05) is 0 Å². The standard InChI is InChI=1S/C24H18N2O6/c1-30-17-5-2-4-15-12-18(32-23(15)17)21(27)19-20(16-6-3-11-31-16)26(24(29)22(19)28)13-14-7-9-25-10-8-14/h2-12,20,28H,13H2,1H3. The Morgan fingerprint density at radius 2 is 2.00 bits per heavy atom. The maximum atomic E-state index is 13.5. The number of para-hydroxylation sites is 1. The minimum absolute atomic E-state index is 0.0128. The lowest BCUT2D eigenvalue weighted by atomic mass is 9.99. The summed E-state index contributed by atoms with van der Waals surface area (Å²) in [5.74, 6) is -1.08. The molecule has 0 aliphatic carbocycles. The van der Waals surface area contributed by atoms with Gasteiger partial charge in [0.05, 0.1) is 18.9 Å². The van der Waals surface area contributed by atoms with Crippen LogP contribution in [0.5, 0.6) is 5.75 Å². The molecule has 1 atom stereocenters. The molecule has 0 fully saturated rings. The van der Waals surface area contributed by atoms with Crippen molar-refractivity contribution >= 4 is 22.7 Å². The molecule has 1 aromatic carbocycles. The molecule has 0 saturated carbocycles. The monoisotopic (exact) mass is 430 g/mol. The SMILES string of the molecule is COc1cccc2cc(C(=O)C3=C(O)C(=O)N(Cc4ccncc4)C3c3ccco3)oc12. The van der Waals surface area contributed by atoms with Crippen molar-refractivity contribution in [2.24, 2.45) is 0 Å². The van der Waals surface area contributed by atoms with Crippen molar-refractivity contribution in [3.63, 3.8) is 0 Å². The Labute approximate surface area is 182 Å². The van der Waals surface area contributed by atoms with Gasteiger partial charge in [0, 0.05) is 24.3 Å². The van der Waals surface area contributed by atoms with E-state index >= 15 is 0 Å². The molecule has 0 saturated heterocycles. The molecule has 4 aromatic rings. The topological polar surface area (TPSA) is 106 Å². The minimum Gasteiger partial charge on any atom is -0.503 e. The maximum absolute atomic E-state index is 13.5. The zero-order chi connectivity index (χ0) is 22.2. The van der Waals surface area contributed by atoms with Crippen LogP contribution in [0.2, 0.25) is 0 Å². The van der Waals surface area contributed by atoms with E-state index in [2.05, 4.69) is 4.98 Å². The number of pyridine rings is 1. The summed E-state index contributed by atoms with van der Waals surface area (Å²) in [6.45, 7) is 0.154. The first-order valence-corrected chi connectivity index (χ1v) is 9.86. The summed E-state index contributed by atoms with van der Waals surface area (Å²) >= 11 is 0. The maximum Gasteiger partial charge on any atom is 0.290 e. The third-order valence-corrected chi connectivity index (χ3v) is 5.41. The molecule has 5 rings (SSSR count). The zero-order valence-corrected chi connectivity index (χ0v) is 17.0. The van der Waals surface area contributed by atoms with Gasteiger partial charge < -0.3 is 23.6 Å². The smallest absolute Gasteiger partial charge is 0.290 e. The molecule has 1 aliphatic heterocycles. The van der Waals surface area contributed by atoms with Crippen molar-refractivity contribution in [3.05, 3.63) is 95.6 Å². The second-order valence-corrected chi connectivity index (χ2v) is 7.29. The molecule has 1 amide bonds. The van der Waals surface area contributed by atoms with Gasteiger partial charge in [0.15, 0.2) is 22.9 Å². The lowest BCUT2D eigenvalue weighted by molar-refractivity contribution is -0.130. The number of amides is 1. The lowest BCUT2D eigenvalue weighted by Gasteiger charge is -2.24. The van der Waals surface area contributed by atoms with Gasteiger partial charge in [0.2, 0.25) is 5.78 Å². The number of aromatic nitrogens is 1. The highest BCUT2D eigenvalue weighted by molar-refractivity contribution is 6.16. The van der Waals surface area contributed by atoms with E-state index in [-0.39, 0.29) is 17.9 Å². The summed E-state index contributed by atoms with van der Waals surface area (Å²) in [5, 5.41) is 11.4. The quantitative estimate of drug-likeness (QED) is 0.457. The number of ether oxygens (including phenoxy) is 1. The summed E-state index contributed by atoms with van der Waals surface area (Å²) in [6.07, 6.45) is 4.67. The number of furan rings is 2. The Balaban J connectivity index is 1.58. The Morgan fingerprint density at radius 1 is 1.19 bits per heavy atom. The first-order chi connectivity index (χ1) is 15.6. The Morgan fingerprint density at radius 3 is 2.72 bits per heavy atom. The number of carbonyl (C=O) groups is 2. The summed E-state index contributed by atoms with van der Waals surface area (Å²) in [5.41, 5.74) is 1.10. The molecule has 1 aliphatic rings. The predicted molar refractivity (Wildman–Crippen MR) is 113 cm³/mol. The summed E-state index contributed by atoms with van der Waals surface area (Å²) < 4.78 is 16.6. The number of methoxy groups -OCH3 is 1. The number of fused-ring (bicyclic) bond motifs is 1. The van der Waals surface area contributed by atoms with E-state index in [1.54, 1.807) is 60.9 Å². The largest absolute Gasteiger partial charge is 0.503 e. The second kappa shape index (κ2) is 7.73. The van der Waals surface area contributed by atoms with Crippen LogP contribution in [0, 0.1) is 0 Å². The highest BCUT2D eigenvalue weighted by Crippen LogP contribution is 2.41. The van der Waals surface area contributed by atoms with Crippen molar-refractivity contribution in [2.45, 2.75) is 12.6 Å². The van der Waals surface area contributed by atoms with Gasteiger partial charge in [-0.3, -0.25) is 14.6 Å². The molecule has 32 heavy (non-hydrogen) atoms. The number of ketones is 1. The van der Waals surface area contributed by atoms with Crippen LogP contribution < -0.4 is 4.74 Å². The lowest BCUT2D eigenvalue weighted by Crippen LogP contribution is -2.30. The predicted octanol–water partition coefficient (Wildman–Crippen LogP) is 4.21. The minimum atomic E-state index is -0.909. The van der Waals surface area contributed by atoms with Gasteiger partial charge in [-0.25, -0.2) is 0 Å². The van der Waals surface area contributed by atoms with Gasteiger partial charge in [-0.1, -0.05) is 12.1 Å². The van der Waals surface area contributed by atoms with E-state index < -0.39 is 23.5 Å². The van der Waals surface area contributed by atoms with Crippen LogP contribution >= 0.6 is 0 Å². The molecule has 8 heteroatoms. The summed E-state index contributed by atoms with van der Waals surface area (Å²) in [7, 11) is 1.51. The van der Waals surface area contributed by atoms with Crippen molar-refractivity contribution in [1.29, 1.82) is 0 Å². The van der Waals surface area contributed by atoms with Crippen LogP contribution in [0.4, 0.5) is 0 Å². The molecular formula is C24H18N2O6. The van der Waals surface area contributed by atoms with Crippen LogP contribution in [0.1, 0.15) is 27.9 Å². The van der Waals surface area contributed by atoms with Crippen LogP contribution in [-0.2, 0) is 11.3 Å². The van der Waals surface area contributed by atoms with E-state index in [1.165, 1.54) is 18.3 Å². The highest BCUT2D eigenvalue weighted by atomic mass is 16.5. The van der Waals surface area contributed by atoms with Gasteiger partial charge in [0.1, 0.15) is 11.8 Å². The normalized spacial score (nSPS) is 16.2. The van der Waals surface area contributed by atoms with Crippen molar-refractivity contribution in [3.8, 4) is 5.75 Å². The van der Waals surface area contributed by atoms with Crippen LogP contribution in [0.3, 0.4) is 0 Å². The Bertz CT molecular complexity index is 1340. The number of Topliss-reactive ketones (excluding diaryl/α,β-unsaturated/α-hetero) is 1. The molecular weight excluding hydrogens is 412 g/mol. The average Bonchev–Trinajstić information content (AvgIpc) is 3.54. The third kappa shape index (κ3) is 3.13. The average molecular weight is 430 g/mol. The first kappa shape index (κ1) is 19.6. The molecule has 0 bridgehead atoms. The number of hydrogen-bond acceptors (Lipinski definition) is 7. The van der Waals surface area contributed by atoms with Crippen LogP contribution in [0.15, 0.2) is 87.4 Å². The molecule has 4 heterocycles. The van der Waals surface area contributed by atoms with Crippen molar-refractivity contribution in [1.82, 2.24) is 9.88 Å². The Kier molecular flexibility index (Phi) is 4.74. The van der Waals surface area contributed by atoms with E-state index in [0.29, 0.717) is 22.5 Å². The third-order valence-electron chi connectivity index (χ3n) is 5.41. The molecule has 160 valence electrons. The second-order valence-electron chi connectivity index (χ2n) is 7.29. The molecule has 3 aromatic heterocycles. The fourth-order valence-electron chi connectivity index (χ4n) is 3.92. The van der Waals surface area contributed by atoms with Gasteiger partial charge in [-0.2, -0.15) is 0 Å². The van der Waals surface area contributed by atoms with Crippen molar-refractivity contribution in [2.75, 3.05) is 7.11 Å². The molecule has 1 N–H and O–H groups in total. The first-order valence-electron chi connectivity index (χ1n) is 9.86. The highest BCUT2D eigenvalue weighted by Gasteiger charge is 2.46. The van der Waals surface area contributed by atoms with E-state index in [4.69, 9.17) is 13.6 Å². The molecule has 1 unspecified atom stereocenters. The molecule has 0 radical (unpaired) electrons. The van der Waals surface area contributed by atoms with Gasteiger partial charge in [-0.15, -0.1) is 0 Å². The summed E-state index contributed by atoms with van der Waals surface area (Å²) in [4.78, 5) is 31.9. The zero-order valence-electron chi connectivity index (χ0n) is 17.0. The number of benzene rings is 1. The van der Waals surface area contributed by atoms with Gasteiger partial charge in [0.25, 0.3) is 5.91 Å². The van der Waals surface area contributed by atoms with Crippen LogP contribution in [0.25, 0.3) is 11.0 Å². The van der Waals surface area contributed by atoms with Crippen molar-refractivity contribution < 1.29 is 28.3 Å².